The van der Waals surface area contributed by atoms with Gasteiger partial charge in [0.25, 0.3) is 0 Å². The molecule has 0 aliphatic carbocycles. The molecule has 0 saturated carbocycles. The van der Waals surface area contributed by atoms with Gasteiger partial charge in [-0.2, -0.15) is 0 Å². The van der Waals surface area contributed by atoms with Gasteiger partial charge < -0.3 is 9.64 Å². The van der Waals surface area contributed by atoms with Crippen LogP contribution in [0.2, 0.25) is 0 Å². The molecule has 1 amide bonds. The monoisotopic (exact) mass is 477 g/mol. The van der Waals surface area contributed by atoms with Crippen LogP contribution in [-0.4, -0.2) is 53.9 Å². The minimum atomic E-state index is -4.41. The molecule has 0 unspecified atom stereocenters. The van der Waals surface area contributed by atoms with Crippen molar-refractivity contribution >= 4 is 15.9 Å². The van der Waals surface area contributed by atoms with Crippen molar-refractivity contribution < 1.29 is 26.7 Å². The number of nitrogens with zero attached hydrogens (tertiary/aromatic N) is 4. The average molecular weight is 477 g/mol. The van der Waals surface area contributed by atoms with Gasteiger partial charge in [0, 0.05) is 26.1 Å². The molecule has 1 saturated heterocycles. The largest absolute Gasteiger partial charge is 0.487 e. The van der Waals surface area contributed by atoms with Gasteiger partial charge in [-0.15, -0.1) is 5.10 Å². The van der Waals surface area contributed by atoms with Crippen LogP contribution in [0.3, 0.4) is 0 Å². The minimum Gasteiger partial charge on any atom is -0.487 e. The quantitative estimate of drug-likeness (QED) is 0.505. The summed E-state index contributed by atoms with van der Waals surface area (Å²) in [4.78, 5) is 12.8. The molecule has 12 heteroatoms. The first-order valence-electron chi connectivity index (χ1n) is 10.1. The third-order valence-corrected chi connectivity index (χ3v) is 6.61. The van der Waals surface area contributed by atoms with Crippen LogP contribution in [0.4, 0.5) is 8.78 Å². The highest BCUT2D eigenvalue weighted by Crippen LogP contribution is 2.22. The van der Waals surface area contributed by atoms with Crippen LogP contribution < -0.4 is 9.46 Å². The summed E-state index contributed by atoms with van der Waals surface area (Å²) >= 11 is 0. The highest BCUT2D eigenvalue weighted by Gasteiger charge is 2.33. The van der Waals surface area contributed by atoms with Gasteiger partial charge in [0.15, 0.2) is 4.90 Å². The Balaban J connectivity index is 1.22. The lowest BCUT2D eigenvalue weighted by Gasteiger charge is -2.38. The van der Waals surface area contributed by atoms with E-state index in [0.29, 0.717) is 18.8 Å². The fourth-order valence-corrected chi connectivity index (χ4v) is 4.48. The van der Waals surface area contributed by atoms with Crippen LogP contribution in [0, 0.1) is 11.6 Å². The SMILES string of the molecule is O=C(CCNS(=O)(=O)c1c(F)cccc1F)N1CC(n2cc(COc3ccccc3)nn2)C1. The van der Waals surface area contributed by atoms with Gasteiger partial charge in [-0.25, -0.2) is 26.6 Å². The molecule has 3 aromatic rings. The Morgan fingerprint density at radius 3 is 2.48 bits per heavy atom. The highest BCUT2D eigenvalue weighted by molar-refractivity contribution is 7.89. The molecule has 1 N–H and O–H groups in total. The molecule has 1 aliphatic heterocycles. The number of likely N-dealkylation sites (tertiary alicyclic amines) is 1. The predicted octanol–water partition coefficient (Wildman–Crippen LogP) is 1.89. The van der Waals surface area contributed by atoms with Crippen molar-refractivity contribution in [1.82, 2.24) is 24.6 Å². The van der Waals surface area contributed by atoms with Crippen LogP contribution >= 0.6 is 0 Å². The summed E-state index contributed by atoms with van der Waals surface area (Å²) in [6, 6.07) is 12.0. The first-order valence-corrected chi connectivity index (χ1v) is 11.6. The van der Waals surface area contributed by atoms with E-state index in [4.69, 9.17) is 4.74 Å². The fraction of sp³-hybridized carbons (Fsp3) is 0.286. The highest BCUT2D eigenvalue weighted by atomic mass is 32.2. The van der Waals surface area contributed by atoms with Crippen LogP contribution in [0.25, 0.3) is 0 Å². The number of carbonyl (C=O) groups excluding carboxylic acids is 1. The second kappa shape index (κ2) is 9.63. The molecule has 0 spiro atoms. The zero-order valence-electron chi connectivity index (χ0n) is 17.4. The fourth-order valence-electron chi connectivity index (χ4n) is 3.32. The van der Waals surface area contributed by atoms with E-state index in [0.717, 1.165) is 23.9 Å². The topological polar surface area (TPSA) is 106 Å². The molecule has 1 aliphatic rings. The van der Waals surface area contributed by atoms with E-state index >= 15 is 0 Å². The lowest BCUT2D eigenvalue weighted by molar-refractivity contribution is -0.137. The van der Waals surface area contributed by atoms with Gasteiger partial charge in [0.05, 0.1) is 12.2 Å². The Kier molecular flexibility index (Phi) is 6.65. The van der Waals surface area contributed by atoms with Crippen molar-refractivity contribution in [2.45, 2.75) is 24.0 Å². The number of amides is 1. The molecule has 2 aromatic carbocycles. The number of hydrogen-bond donors (Lipinski definition) is 1. The van der Waals surface area contributed by atoms with Crippen molar-refractivity contribution in [3.05, 3.63) is 72.1 Å². The summed E-state index contributed by atoms with van der Waals surface area (Å²) in [5.41, 5.74) is 0.651. The molecule has 0 bridgehead atoms. The standard InChI is InChI=1S/C21H21F2N5O4S/c22-18-7-4-8-19(23)21(18)33(30,31)24-10-9-20(29)27-12-16(13-27)28-11-15(25-26-28)14-32-17-5-2-1-3-6-17/h1-8,11,16,24H,9-10,12-14H2. The van der Waals surface area contributed by atoms with E-state index < -0.39 is 26.6 Å². The Hall–Kier alpha value is -3.38. The molecule has 1 fully saturated rings. The number of para-hydroxylation sites is 1. The average Bonchev–Trinajstić information content (AvgIpc) is 3.20. The molecular formula is C21H21F2N5O4S. The number of aromatic nitrogens is 3. The summed E-state index contributed by atoms with van der Waals surface area (Å²) in [6.07, 6.45) is 1.61. The molecule has 33 heavy (non-hydrogen) atoms. The van der Waals surface area contributed by atoms with Gasteiger partial charge >= 0.3 is 0 Å². The van der Waals surface area contributed by atoms with Crippen LogP contribution in [-0.2, 0) is 21.4 Å². The van der Waals surface area contributed by atoms with Crippen LogP contribution in [0.15, 0.2) is 59.6 Å². The molecule has 0 atom stereocenters. The molecule has 174 valence electrons. The number of rotatable bonds is 9. The Morgan fingerprint density at radius 1 is 1.09 bits per heavy atom. The van der Waals surface area contributed by atoms with Crippen molar-refractivity contribution in [2.75, 3.05) is 19.6 Å². The predicted molar refractivity (Wildman–Crippen MR) is 113 cm³/mol. The zero-order valence-corrected chi connectivity index (χ0v) is 18.2. The lowest BCUT2D eigenvalue weighted by Crippen LogP contribution is -2.51. The number of carbonyl (C=O) groups is 1. The molecule has 1 aromatic heterocycles. The van der Waals surface area contributed by atoms with E-state index in [1.165, 1.54) is 0 Å². The minimum absolute atomic E-state index is 0.0453. The van der Waals surface area contributed by atoms with E-state index in [2.05, 4.69) is 15.0 Å². The number of benzene rings is 2. The Labute approximate surface area is 189 Å². The van der Waals surface area contributed by atoms with E-state index in [9.17, 15) is 22.0 Å². The van der Waals surface area contributed by atoms with Gasteiger partial charge in [-0.3, -0.25) is 4.79 Å². The maximum absolute atomic E-state index is 13.7. The van der Waals surface area contributed by atoms with Crippen molar-refractivity contribution in [3.63, 3.8) is 0 Å². The number of sulfonamides is 1. The summed E-state index contributed by atoms with van der Waals surface area (Å²) in [5, 5.41) is 8.15. The van der Waals surface area contributed by atoms with E-state index in [1.54, 1.807) is 15.8 Å². The number of halogens is 2. The molecule has 4 rings (SSSR count). The van der Waals surface area contributed by atoms with Crippen molar-refractivity contribution in [3.8, 4) is 5.75 Å². The second-order valence-corrected chi connectivity index (χ2v) is 9.15. The zero-order chi connectivity index (χ0) is 23.4. The summed E-state index contributed by atoms with van der Waals surface area (Å²) < 4.78 is 61.1. The third kappa shape index (κ3) is 5.34. The van der Waals surface area contributed by atoms with Gasteiger partial charge in [0.2, 0.25) is 15.9 Å². The summed E-state index contributed by atoms with van der Waals surface area (Å²) in [7, 11) is -4.41. The molecular weight excluding hydrogens is 456 g/mol. The van der Waals surface area contributed by atoms with Crippen LogP contribution in [0.5, 0.6) is 5.75 Å². The van der Waals surface area contributed by atoms with Crippen molar-refractivity contribution in [2.24, 2.45) is 0 Å². The van der Waals surface area contributed by atoms with Crippen molar-refractivity contribution in [1.29, 1.82) is 0 Å². The Bertz CT molecular complexity index is 1210. The molecule has 0 radical (unpaired) electrons. The maximum Gasteiger partial charge on any atom is 0.246 e. The molecule has 2 heterocycles. The normalized spacial score (nSPS) is 14.2. The number of nitrogens with one attached hydrogen (secondary N) is 1. The first-order chi connectivity index (χ1) is 15.8. The second-order valence-electron chi connectivity index (χ2n) is 7.44. The Morgan fingerprint density at radius 2 is 1.79 bits per heavy atom. The first kappa shape index (κ1) is 22.8. The van der Waals surface area contributed by atoms with E-state index in [1.807, 2.05) is 30.3 Å². The smallest absolute Gasteiger partial charge is 0.246 e. The lowest BCUT2D eigenvalue weighted by atomic mass is 10.1. The molecule has 9 nitrogen and oxygen atoms in total. The summed E-state index contributed by atoms with van der Waals surface area (Å²) in [6.45, 7) is 0.786. The third-order valence-electron chi connectivity index (χ3n) is 5.10. The van der Waals surface area contributed by atoms with Gasteiger partial charge in [-0.1, -0.05) is 29.5 Å². The number of hydrogen-bond acceptors (Lipinski definition) is 6. The van der Waals surface area contributed by atoms with Gasteiger partial charge in [0.1, 0.15) is 29.7 Å². The van der Waals surface area contributed by atoms with Crippen LogP contribution in [0.1, 0.15) is 18.2 Å². The van der Waals surface area contributed by atoms with E-state index in [-0.39, 0.29) is 31.5 Å². The van der Waals surface area contributed by atoms with Gasteiger partial charge in [-0.05, 0) is 24.3 Å². The summed E-state index contributed by atoms with van der Waals surface area (Å²) in [5.74, 6) is -1.95. The number of ether oxygens (including phenoxy) is 1. The maximum atomic E-state index is 13.7.